The van der Waals surface area contributed by atoms with Crippen LogP contribution in [0, 0.1) is 15.9 Å². The minimum Gasteiger partial charge on any atom is -0.393 e. The average Bonchev–Trinajstić information content (AvgIpc) is 2.12. The lowest BCUT2D eigenvalue weighted by molar-refractivity contribution is -0.384. The van der Waals surface area contributed by atoms with Crippen LogP contribution in [0.25, 0.3) is 0 Å². The molecule has 0 spiro atoms. The lowest BCUT2D eigenvalue weighted by Crippen LogP contribution is -1.95. The quantitative estimate of drug-likeness (QED) is 0.415. The molecule has 0 aliphatic rings. The van der Waals surface area contributed by atoms with Gasteiger partial charge in [-0.2, -0.15) is 0 Å². The number of nitrogens with zero attached hydrogens (tertiary/aromatic N) is 1. The van der Waals surface area contributed by atoms with Crippen molar-refractivity contribution in [3.63, 3.8) is 0 Å². The van der Waals surface area contributed by atoms with Gasteiger partial charge < -0.3 is 5.73 Å². The van der Waals surface area contributed by atoms with Crippen LogP contribution in [0.1, 0.15) is 13.8 Å². The molecule has 0 fully saturated rings. The van der Waals surface area contributed by atoms with Crippen molar-refractivity contribution in [1.29, 1.82) is 0 Å². The summed E-state index contributed by atoms with van der Waals surface area (Å²) in [6.07, 6.45) is 0. The Morgan fingerprint density at radius 2 is 2.00 bits per heavy atom. The van der Waals surface area contributed by atoms with E-state index in [1.807, 2.05) is 13.8 Å². The minimum atomic E-state index is -0.724. The van der Waals surface area contributed by atoms with Gasteiger partial charge in [0.05, 0.1) is 11.0 Å². The van der Waals surface area contributed by atoms with Gasteiger partial charge in [0.2, 0.25) is 0 Å². The third-order valence-electron chi connectivity index (χ3n) is 1.19. The standard InChI is InChI=1S/C6H5FN2O2.C2H6/c7-4-1-2-5(8)6(3-4)9(10)11;1-2/h1-3H,8H2;1-2H3. The van der Waals surface area contributed by atoms with Crippen LogP contribution in [-0.4, -0.2) is 4.92 Å². The maximum Gasteiger partial charge on any atom is 0.295 e. The molecule has 0 saturated carbocycles. The number of nitro groups is 1. The lowest BCUT2D eigenvalue weighted by Gasteiger charge is -1.94. The van der Waals surface area contributed by atoms with Gasteiger partial charge >= 0.3 is 0 Å². The first-order valence-electron chi connectivity index (χ1n) is 3.80. The maximum atomic E-state index is 12.3. The number of hydrogen-bond acceptors (Lipinski definition) is 3. The molecular weight excluding hydrogens is 175 g/mol. The van der Waals surface area contributed by atoms with Crippen LogP contribution >= 0.6 is 0 Å². The highest BCUT2D eigenvalue weighted by Crippen LogP contribution is 2.20. The SMILES string of the molecule is CC.Nc1ccc(F)cc1[N+](=O)[O-]. The van der Waals surface area contributed by atoms with Crippen LogP contribution in [0.4, 0.5) is 15.8 Å². The van der Waals surface area contributed by atoms with Crippen molar-refractivity contribution in [3.8, 4) is 0 Å². The van der Waals surface area contributed by atoms with E-state index in [0.717, 1.165) is 18.2 Å². The zero-order valence-electron chi connectivity index (χ0n) is 7.45. The Hall–Kier alpha value is -1.65. The summed E-state index contributed by atoms with van der Waals surface area (Å²) in [4.78, 5) is 9.41. The fourth-order valence-corrected chi connectivity index (χ4v) is 0.675. The van der Waals surface area contributed by atoms with Gasteiger partial charge in [-0.25, -0.2) is 4.39 Å². The van der Waals surface area contributed by atoms with Crippen molar-refractivity contribution in [2.45, 2.75) is 13.8 Å². The Morgan fingerprint density at radius 3 is 2.38 bits per heavy atom. The van der Waals surface area contributed by atoms with E-state index < -0.39 is 16.4 Å². The Morgan fingerprint density at radius 1 is 1.46 bits per heavy atom. The zero-order valence-corrected chi connectivity index (χ0v) is 7.45. The fraction of sp³-hybridized carbons (Fsp3) is 0.250. The number of nitrogens with two attached hydrogens (primary N) is 1. The number of halogens is 1. The van der Waals surface area contributed by atoms with Gasteiger partial charge in [-0.15, -0.1) is 0 Å². The molecule has 0 aliphatic carbocycles. The summed E-state index contributed by atoms with van der Waals surface area (Å²) in [6, 6.07) is 3.02. The van der Waals surface area contributed by atoms with Crippen LogP contribution in [-0.2, 0) is 0 Å². The first-order chi connectivity index (χ1) is 6.11. The Labute approximate surface area is 75.3 Å². The van der Waals surface area contributed by atoms with Crippen LogP contribution in [0.2, 0.25) is 0 Å². The van der Waals surface area contributed by atoms with Crippen molar-refractivity contribution in [3.05, 3.63) is 34.1 Å². The molecule has 1 aromatic carbocycles. The molecule has 0 atom stereocenters. The maximum absolute atomic E-state index is 12.3. The predicted octanol–water partition coefficient (Wildman–Crippen LogP) is 2.34. The number of hydrogen-bond donors (Lipinski definition) is 1. The van der Waals surface area contributed by atoms with Crippen molar-refractivity contribution in [1.82, 2.24) is 0 Å². The van der Waals surface area contributed by atoms with E-state index in [0.29, 0.717) is 0 Å². The minimum absolute atomic E-state index is 0.0311. The number of nitrogen functional groups attached to an aromatic ring is 1. The average molecular weight is 186 g/mol. The molecule has 0 bridgehead atoms. The summed E-state index contributed by atoms with van der Waals surface area (Å²) in [5.41, 5.74) is 4.75. The van der Waals surface area contributed by atoms with E-state index in [-0.39, 0.29) is 5.69 Å². The monoisotopic (exact) mass is 186 g/mol. The van der Waals surface area contributed by atoms with E-state index in [4.69, 9.17) is 5.73 Å². The fourth-order valence-electron chi connectivity index (χ4n) is 0.675. The van der Waals surface area contributed by atoms with Gasteiger partial charge in [0.25, 0.3) is 5.69 Å². The summed E-state index contributed by atoms with van der Waals surface area (Å²) in [7, 11) is 0. The first kappa shape index (κ1) is 11.4. The van der Waals surface area contributed by atoms with E-state index in [9.17, 15) is 14.5 Å². The van der Waals surface area contributed by atoms with Gasteiger partial charge in [0, 0.05) is 0 Å². The van der Waals surface area contributed by atoms with Crippen molar-refractivity contribution in [2.24, 2.45) is 0 Å². The number of nitro benzene ring substituents is 1. The van der Waals surface area contributed by atoms with Crippen molar-refractivity contribution >= 4 is 11.4 Å². The largest absolute Gasteiger partial charge is 0.393 e. The molecule has 1 aromatic rings. The predicted molar refractivity (Wildman–Crippen MR) is 48.8 cm³/mol. The van der Waals surface area contributed by atoms with E-state index in [1.165, 1.54) is 0 Å². The number of benzene rings is 1. The highest BCUT2D eigenvalue weighted by Gasteiger charge is 2.10. The molecule has 0 amide bonds. The zero-order chi connectivity index (χ0) is 10.4. The van der Waals surface area contributed by atoms with Crippen molar-refractivity contribution in [2.75, 3.05) is 5.73 Å². The normalized spacial score (nSPS) is 8.54. The van der Waals surface area contributed by atoms with Crippen LogP contribution < -0.4 is 5.73 Å². The number of rotatable bonds is 1. The second-order valence-electron chi connectivity index (χ2n) is 1.96. The summed E-state index contributed by atoms with van der Waals surface area (Å²) < 4.78 is 12.3. The molecule has 0 aliphatic heterocycles. The summed E-state index contributed by atoms with van der Waals surface area (Å²) >= 11 is 0. The summed E-state index contributed by atoms with van der Waals surface area (Å²) in [5.74, 6) is -0.661. The van der Waals surface area contributed by atoms with Gasteiger partial charge in [0.1, 0.15) is 11.5 Å². The molecule has 0 saturated heterocycles. The van der Waals surface area contributed by atoms with Gasteiger partial charge in [-0.1, -0.05) is 13.8 Å². The van der Waals surface area contributed by atoms with Crippen molar-refractivity contribution < 1.29 is 9.31 Å². The molecule has 5 heteroatoms. The Bertz CT molecular complexity index is 302. The highest BCUT2D eigenvalue weighted by atomic mass is 19.1. The third kappa shape index (κ3) is 3.06. The number of anilines is 1. The summed E-state index contributed by atoms with van der Waals surface area (Å²) in [5, 5.41) is 10.1. The molecular formula is C8H11FN2O2. The molecule has 13 heavy (non-hydrogen) atoms. The van der Waals surface area contributed by atoms with Crippen LogP contribution in [0.3, 0.4) is 0 Å². The first-order valence-corrected chi connectivity index (χ1v) is 3.80. The topological polar surface area (TPSA) is 69.2 Å². The lowest BCUT2D eigenvalue weighted by atomic mass is 10.3. The van der Waals surface area contributed by atoms with Crippen LogP contribution in [0.5, 0.6) is 0 Å². The van der Waals surface area contributed by atoms with Gasteiger partial charge in [-0.05, 0) is 12.1 Å². The second-order valence-corrected chi connectivity index (χ2v) is 1.96. The van der Waals surface area contributed by atoms with E-state index in [2.05, 4.69) is 0 Å². The molecule has 72 valence electrons. The second kappa shape index (κ2) is 5.08. The molecule has 2 N–H and O–H groups in total. The molecule has 0 heterocycles. The molecule has 0 aromatic heterocycles. The van der Waals surface area contributed by atoms with Crippen LogP contribution in [0.15, 0.2) is 18.2 Å². The Kier molecular flexibility index (Phi) is 4.43. The third-order valence-corrected chi connectivity index (χ3v) is 1.19. The molecule has 0 unspecified atom stereocenters. The van der Waals surface area contributed by atoms with Gasteiger partial charge in [-0.3, -0.25) is 10.1 Å². The highest BCUT2D eigenvalue weighted by molar-refractivity contribution is 5.57. The summed E-state index contributed by atoms with van der Waals surface area (Å²) in [6.45, 7) is 4.00. The van der Waals surface area contributed by atoms with Gasteiger partial charge in [0.15, 0.2) is 0 Å². The molecule has 1 rings (SSSR count). The Balaban J connectivity index is 0.000000671. The smallest absolute Gasteiger partial charge is 0.295 e. The van der Waals surface area contributed by atoms with E-state index in [1.54, 1.807) is 0 Å². The molecule has 0 radical (unpaired) electrons. The van der Waals surface area contributed by atoms with E-state index >= 15 is 0 Å². The molecule has 4 nitrogen and oxygen atoms in total.